The molecule has 3 aromatic rings. The van der Waals surface area contributed by atoms with Gasteiger partial charge in [-0.25, -0.2) is 9.37 Å². The largest absolute Gasteiger partial charge is 0.340 e. The molecule has 0 saturated carbocycles. The molecule has 0 atom stereocenters. The van der Waals surface area contributed by atoms with Gasteiger partial charge in [0.05, 0.1) is 11.9 Å². The van der Waals surface area contributed by atoms with Crippen molar-refractivity contribution < 1.29 is 9.18 Å². The molecule has 0 bridgehead atoms. The Morgan fingerprint density at radius 2 is 1.85 bits per heavy atom. The molecule has 2 aromatic carbocycles. The van der Waals surface area contributed by atoms with Crippen LogP contribution < -0.4 is 10.6 Å². The number of halogens is 1. The zero-order valence-electron chi connectivity index (χ0n) is 14.7. The minimum atomic E-state index is -0.374. The van der Waals surface area contributed by atoms with Crippen molar-refractivity contribution >= 4 is 23.1 Å². The van der Waals surface area contributed by atoms with Crippen LogP contribution >= 0.6 is 0 Å². The fourth-order valence-electron chi connectivity index (χ4n) is 2.68. The van der Waals surface area contributed by atoms with E-state index in [1.165, 1.54) is 29.8 Å². The van der Waals surface area contributed by atoms with Gasteiger partial charge in [-0.2, -0.15) is 0 Å². The normalized spacial score (nSPS) is 10.4. The maximum atomic E-state index is 12.9. The average molecular weight is 349 g/mol. The first kappa shape index (κ1) is 17.6. The predicted octanol–water partition coefficient (Wildman–Crippen LogP) is 5.09. The maximum Gasteiger partial charge on any atom is 0.255 e. The van der Waals surface area contributed by atoms with Crippen LogP contribution in [0.25, 0.3) is 0 Å². The summed E-state index contributed by atoms with van der Waals surface area (Å²) in [6, 6.07) is 15.2. The molecule has 0 radical (unpaired) electrons. The van der Waals surface area contributed by atoms with Crippen LogP contribution in [0.1, 0.15) is 28.4 Å². The van der Waals surface area contributed by atoms with Gasteiger partial charge in [0.25, 0.3) is 5.91 Å². The van der Waals surface area contributed by atoms with Crippen LogP contribution in [0.15, 0.2) is 60.8 Å². The van der Waals surface area contributed by atoms with Gasteiger partial charge in [0.15, 0.2) is 0 Å². The molecule has 0 aliphatic rings. The van der Waals surface area contributed by atoms with Gasteiger partial charge in [-0.3, -0.25) is 4.79 Å². The van der Waals surface area contributed by atoms with E-state index in [-0.39, 0.29) is 11.7 Å². The number of hydrogen-bond acceptors (Lipinski definition) is 3. The number of anilines is 3. The van der Waals surface area contributed by atoms with Gasteiger partial charge in [-0.05, 0) is 60.9 Å². The summed E-state index contributed by atoms with van der Waals surface area (Å²) in [5, 5.41) is 6.10. The van der Waals surface area contributed by atoms with E-state index in [9.17, 15) is 9.18 Å². The molecule has 2 N–H and O–H groups in total. The molecule has 3 rings (SSSR count). The standard InChI is InChI=1S/C21H20FN3O/c1-3-15-6-4-5-14(2)20(15)25-19-12-11-18(13-23-19)24-21(26)16-7-9-17(22)10-8-16/h4-13H,3H2,1-2H3,(H,23,25)(H,24,26). The Balaban J connectivity index is 1.71. The summed E-state index contributed by atoms with van der Waals surface area (Å²) in [6.07, 6.45) is 2.52. The third-order valence-electron chi connectivity index (χ3n) is 4.12. The van der Waals surface area contributed by atoms with Gasteiger partial charge in [0.2, 0.25) is 0 Å². The molecular weight excluding hydrogens is 329 g/mol. The first-order valence-electron chi connectivity index (χ1n) is 8.45. The monoisotopic (exact) mass is 349 g/mol. The molecule has 132 valence electrons. The first-order chi connectivity index (χ1) is 12.6. The highest BCUT2D eigenvalue weighted by molar-refractivity contribution is 6.04. The second kappa shape index (κ2) is 7.78. The lowest BCUT2D eigenvalue weighted by molar-refractivity contribution is 0.102. The quantitative estimate of drug-likeness (QED) is 0.675. The van der Waals surface area contributed by atoms with E-state index in [1.54, 1.807) is 12.3 Å². The molecule has 4 nitrogen and oxygen atoms in total. The lowest BCUT2D eigenvalue weighted by Crippen LogP contribution is -2.12. The van der Waals surface area contributed by atoms with Gasteiger partial charge < -0.3 is 10.6 Å². The zero-order chi connectivity index (χ0) is 18.5. The van der Waals surface area contributed by atoms with Crippen LogP contribution in [0.5, 0.6) is 0 Å². The van der Waals surface area contributed by atoms with E-state index < -0.39 is 0 Å². The number of carbonyl (C=O) groups is 1. The summed E-state index contributed by atoms with van der Waals surface area (Å²) in [6.45, 7) is 4.17. The number of amides is 1. The number of pyridine rings is 1. The number of carbonyl (C=O) groups excluding carboxylic acids is 1. The summed E-state index contributed by atoms with van der Waals surface area (Å²) in [5.41, 5.74) is 4.40. The van der Waals surface area contributed by atoms with Crippen LogP contribution in [-0.4, -0.2) is 10.9 Å². The third kappa shape index (κ3) is 4.06. The Morgan fingerprint density at radius 1 is 1.08 bits per heavy atom. The Kier molecular flexibility index (Phi) is 5.27. The summed E-state index contributed by atoms with van der Waals surface area (Å²) in [4.78, 5) is 16.5. The highest BCUT2D eigenvalue weighted by atomic mass is 19.1. The van der Waals surface area contributed by atoms with Crippen LogP contribution in [0.3, 0.4) is 0 Å². The fourth-order valence-corrected chi connectivity index (χ4v) is 2.68. The van der Waals surface area contributed by atoms with E-state index in [1.807, 2.05) is 12.1 Å². The topological polar surface area (TPSA) is 54.0 Å². The maximum absolute atomic E-state index is 12.9. The molecule has 1 heterocycles. The molecule has 0 unspecified atom stereocenters. The van der Waals surface area contributed by atoms with Crippen molar-refractivity contribution in [1.29, 1.82) is 0 Å². The molecule has 26 heavy (non-hydrogen) atoms. The number of benzene rings is 2. The number of nitrogens with one attached hydrogen (secondary N) is 2. The van der Waals surface area contributed by atoms with Crippen molar-refractivity contribution in [2.24, 2.45) is 0 Å². The highest BCUT2D eigenvalue weighted by Crippen LogP contribution is 2.25. The summed E-state index contributed by atoms with van der Waals surface area (Å²) >= 11 is 0. The van der Waals surface area contributed by atoms with Gasteiger partial charge in [-0.1, -0.05) is 25.1 Å². The van der Waals surface area contributed by atoms with Crippen molar-refractivity contribution in [2.75, 3.05) is 10.6 Å². The predicted molar refractivity (Wildman–Crippen MR) is 102 cm³/mol. The molecule has 1 aromatic heterocycles. The summed E-state index contributed by atoms with van der Waals surface area (Å²) < 4.78 is 12.9. The third-order valence-corrected chi connectivity index (χ3v) is 4.12. The van der Waals surface area contributed by atoms with Crippen LogP contribution in [0.4, 0.5) is 21.6 Å². The number of hydrogen-bond donors (Lipinski definition) is 2. The molecule has 1 amide bonds. The van der Waals surface area contributed by atoms with Crippen molar-refractivity contribution in [3.8, 4) is 0 Å². The average Bonchev–Trinajstić information content (AvgIpc) is 2.65. The number of rotatable bonds is 5. The summed E-state index contributed by atoms with van der Waals surface area (Å²) in [5.74, 6) is 0.0229. The SMILES string of the molecule is CCc1cccc(C)c1Nc1ccc(NC(=O)c2ccc(F)cc2)cn1. The van der Waals surface area contributed by atoms with E-state index in [0.717, 1.165) is 17.7 Å². The van der Waals surface area contributed by atoms with Crippen LogP contribution in [0, 0.1) is 12.7 Å². The zero-order valence-corrected chi connectivity index (χ0v) is 14.7. The second-order valence-electron chi connectivity index (χ2n) is 5.98. The number of aryl methyl sites for hydroxylation is 2. The van der Waals surface area contributed by atoms with Gasteiger partial charge in [0.1, 0.15) is 11.6 Å². The van der Waals surface area contributed by atoms with E-state index >= 15 is 0 Å². The Morgan fingerprint density at radius 3 is 2.50 bits per heavy atom. The lowest BCUT2D eigenvalue weighted by Gasteiger charge is -2.13. The van der Waals surface area contributed by atoms with Crippen molar-refractivity contribution in [2.45, 2.75) is 20.3 Å². The van der Waals surface area contributed by atoms with E-state index in [4.69, 9.17) is 0 Å². The van der Waals surface area contributed by atoms with E-state index in [0.29, 0.717) is 17.1 Å². The number of aromatic nitrogens is 1. The fraction of sp³-hybridized carbons (Fsp3) is 0.143. The molecule has 0 aliphatic heterocycles. The molecular formula is C21H20FN3O. The minimum absolute atomic E-state index is 0.306. The Labute approximate surface area is 152 Å². The van der Waals surface area contributed by atoms with Crippen molar-refractivity contribution in [1.82, 2.24) is 4.98 Å². The van der Waals surface area contributed by atoms with Gasteiger partial charge >= 0.3 is 0 Å². The summed E-state index contributed by atoms with van der Waals surface area (Å²) in [7, 11) is 0. The van der Waals surface area contributed by atoms with Crippen LogP contribution in [0.2, 0.25) is 0 Å². The number of nitrogens with zero attached hydrogens (tertiary/aromatic N) is 1. The van der Waals surface area contributed by atoms with Gasteiger partial charge in [0, 0.05) is 11.3 Å². The molecule has 0 spiro atoms. The lowest BCUT2D eigenvalue weighted by atomic mass is 10.1. The minimum Gasteiger partial charge on any atom is -0.340 e. The van der Waals surface area contributed by atoms with E-state index in [2.05, 4.69) is 41.6 Å². The highest BCUT2D eigenvalue weighted by Gasteiger charge is 2.08. The van der Waals surface area contributed by atoms with Crippen molar-refractivity contribution in [3.05, 3.63) is 83.3 Å². The first-order valence-corrected chi connectivity index (χ1v) is 8.45. The Hall–Kier alpha value is -3.21. The molecule has 0 aliphatic carbocycles. The molecule has 0 saturated heterocycles. The van der Waals surface area contributed by atoms with Crippen LogP contribution in [-0.2, 0) is 6.42 Å². The molecule has 5 heteroatoms. The van der Waals surface area contributed by atoms with Crippen molar-refractivity contribution in [3.63, 3.8) is 0 Å². The molecule has 0 fully saturated rings. The Bertz CT molecular complexity index is 906. The van der Waals surface area contributed by atoms with Gasteiger partial charge in [-0.15, -0.1) is 0 Å². The smallest absolute Gasteiger partial charge is 0.255 e. The number of para-hydroxylation sites is 1. The second-order valence-corrected chi connectivity index (χ2v) is 5.98.